The third kappa shape index (κ3) is 4.51. The van der Waals surface area contributed by atoms with Crippen LogP contribution in [-0.2, 0) is 6.42 Å². The van der Waals surface area contributed by atoms with E-state index < -0.39 is 4.92 Å². The number of unbranched alkanes of at least 4 members (excludes halogenated alkanes) is 3. The smallest absolute Gasteiger partial charge is 0.271 e. The molecule has 120 valence electrons. The van der Waals surface area contributed by atoms with Crippen LogP contribution in [0.1, 0.15) is 37.9 Å². The molecular formula is C15H23N5O2. The van der Waals surface area contributed by atoms with Gasteiger partial charge in [0.25, 0.3) is 5.69 Å². The van der Waals surface area contributed by atoms with E-state index in [-0.39, 0.29) is 11.7 Å². The minimum Gasteiger partial charge on any atom is -0.342 e. The van der Waals surface area contributed by atoms with Crippen molar-refractivity contribution >= 4 is 16.7 Å². The van der Waals surface area contributed by atoms with Gasteiger partial charge in [-0.3, -0.25) is 10.1 Å². The Morgan fingerprint density at radius 1 is 1.27 bits per heavy atom. The first-order valence-electron chi connectivity index (χ1n) is 7.69. The van der Waals surface area contributed by atoms with Gasteiger partial charge >= 0.3 is 0 Å². The summed E-state index contributed by atoms with van der Waals surface area (Å²) in [5.74, 6) is 0.782. The standard InChI is InChI=1S/C15H23N5O2/c16-8-4-2-1-3-5-11(17)9-15-18-13-7-6-12(20(21)22)10-14(13)19-15/h6-7,10-11H,1-5,8-9,16-17H2,(H,18,19). The molecule has 22 heavy (non-hydrogen) atoms. The average Bonchev–Trinajstić information content (AvgIpc) is 2.87. The molecular weight excluding hydrogens is 282 g/mol. The van der Waals surface area contributed by atoms with E-state index in [1.54, 1.807) is 6.07 Å². The van der Waals surface area contributed by atoms with Gasteiger partial charge in [-0.15, -0.1) is 0 Å². The Labute approximate surface area is 129 Å². The Bertz CT molecular complexity index is 625. The van der Waals surface area contributed by atoms with Crippen LogP contribution in [0.4, 0.5) is 5.69 Å². The van der Waals surface area contributed by atoms with Gasteiger partial charge < -0.3 is 16.5 Å². The van der Waals surface area contributed by atoms with Crippen molar-refractivity contribution < 1.29 is 4.92 Å². The lowest BCUT2D eigenvalue weighted by Gasteiger charge is -2.09. The summed E-state index contributed by atoms with van der Waals surface area (Å²) < 4.78 is 0. The predicted octanol–water partition coefficient (Wildman–Crippen LogP) is 2.25. The van der Waals surface area contributed by atoms with Crippen LogP contribution in [0.3, 0.4) is 0 Å². The molecule has 0 fully saturated rings. The van der Waals surface area contributed by atoms with E-state index in [0.717, 1.165) is 50.0 Å². The van der Waals surface area contributed by atoms with Crippen molar-refractivity contribution in [3.05, 3.63) is 34.1 Å². The number of nitrogens with one attached hydrogen (secondary N) is 1. The van der Waals surface area contributed by atoms with Crippen molar-refractivity contribution in [3.63, 3.8) is 0 Å². The zero-order chi connectivity index (χ0) is 15.9. The van der Waals surface area contributed by atoms with Crippen LogP contribution in [0.5, 0.6) is 0 Å². The highest BCUT2D eigenvalue weighted by Gasteiger charge is 2.11. The normalized spacial score (nSPS) is 12.6. The second-order valence-electron chi connectivity index (χ2n) is 5.60. The second-order valence-corrected chi connectivity index (χ2v) is 5.60. The van der Waals surface area contributed by atoms with Gasteiger partial charge in [0.15, 0.2) is 0 Å². The Balaban J connectivity index is 1.89. The lowest BCUT2D eigenvalue weighted by atomic mass is 10.1. The molecule has 1 aromatic heterocycles. The molecule has 0 aliphatic heterocycles. The third-order valence-electron chi connectivity index (χ3n) is 3.71. The van der Waals surface area contributed by atoms with E-state index in [1.807, 2.05) is 0 Å². The van der Waals surface area contributed by atoms with E-state index in [2.05, 4.69) is 9.97 Å². The molecule has 1 aromatic carbocycles. The number of hydrogen-bond acceptors (Lipinski definition) is 5. The zero-order valence-electron chi connectivity index (χ0n) is 12.6. The number of nitro groups is 1. The fourth-order valence-corrected chi connectivity index (χ4v) is 2.52. The number of nitro benzene ring substituents is 1. The molecule has 0 saturated carbocycles. The maximum absolute atomic E-state index is 10.8. The molecule has 0 spiro atoms. The van der Waals surface area contributed by atoms with Gasteiger partial charge in [-0.1, -0.05) is 19.3 Å². The van der Waals surface area contributed by atoms with Crippen LogP contribution in [0.25, 0.3) is 11.0 Å². The summed E-state index contributed by atoms with van der Waals surface area (Å²) in [6, 6.07) is 4.67. The van der Waals surface area contributed by atoms with Crippen molar-refractivity contribution in [1.82, 2.24) is 9.97 Å². The van der Waals surface area contributed by atoms with E-state index in [0.29, 0.717) is 11.9 Å². The molecule has 0 aliphatic rings. The Hall–Kier alpha value is -1.99. The molecule has 1 atom stereocenters. The number of hydrogen-bond donors (Lipinski definition) is 3. The van der Waals surface area contributed by atoms with Gasteiger partial charge in [0.1, 0.15) is 5.82 Å². The van der Waals surface area contributed by atoms with E-state index in [1.165, 1.54) is 12.1 Å². The molecule has 0 amide bonds. The number of nitrogens with zero attached hydrogens (tertiary/aromatic N) is 2. The fraction of sp³-hybridized carbons (Fsp3) is 0.533. The second kappa shape index (κ2) is 7.86. The number of H-pyrrole nitrogens is 1. The number of aromatic amines is 1. The molecule has 7 heteroatoms. The van der Waals surface area contributed by atoms with Crippen molar-refractivity contribution in [3.8, 4) is 0 Å². The molecule has 5 N–H and O–H groups in total. The first kappa shape index (κ1) is 16.4. The quantitative estimate of drug-likeness (QED) is 0.372. The largest absolute Gasteiger partial charge is 0.342 e. The molecule has 0 saturated heterocycles. The number of imidazole rings is 1. The van der Waals surface area contributed by atoms with Gasteiger partial charge in [0, 0.05) is 24.6 Å². The molecule has 1 heterocycles. The Morgan fingerprint density at radius 2 is 2.05 bits per heavy atom. The Morgan fingerprint density at radius 3 is 2.77 bits per heavy atom. The lowest BCUT2D eigenvalue weighted by molar-refractivity contribution is -0.384. The number of benzene rings is 1. The fourth-order valence-electron chi connectivity index (χ4n) is 2.52. The summed E-state index contributed by atoms with van der Waals surface area (Å²) in [5.41, 5.74) is 13.1. The van der Waals surface area contributed by atoms with Crippen LogP contribution >= 0.6 is 0 Å². The molecule has 1 unspecified atom stereocenters. The van der Waals surface area contributed by atoms with Gasteiger partial charge in [-0.05, 0) is 25.5 Å². The summed E-state index contributed by atoms with van der Waals surface area (Å²) in [5, 5.41) is 10.8. The van der Waals surface area contributed by atoms with Gasteiger partial charge in [0.2, 0.25) is 0 Å². The average molecular weight is 305 g/mol. The number of non-ortho nitro benzene ring substituents is 1. The number of rotatable bonds is 9. The van der Waals surface area contributed by atoms with Crippen molar-refractivity contribution in [2.75, 3.05) is 6.54 Å². The summed E-state index contributed by atoms with van der Waals surface area (Å²) in [6.45, 7) is 0.747. The van der Waals surface area contributed by atoms with Crippen LogP contribution < -0.4 is 11.5 Å². The summed E-state index contributed by atoms with van der Waals surface area (Å²) in [4.78, 5) is 17.9. The Kier molecular flexibility index (Phi) is 5.85. The summed E-state index contributed by atoms with van der Waals surface area (Å²) in [6.07, 6.45) is 6.06. The van der Waals surface area contributed by atoms with Crippen molar-refractivity contribution in [1.29, 1.82) is 0 Å². The predicted molar refractivity (Wildman–Crippen MR) is 86.6 cm³/mol. The molecule has 0 bridgehead atoms. The SMILES string of the molecule is NCCCCCCC(N)Cc1nc2ccc([N+](=O)[O-])cc2[nH]1. The first-order valence-corrected chi connectivity index (χ1v) is 7.69. The van der Waals surface area contributed by atoms with Crippen molar-refractivity contribution in [2.45, 2.75) is 44.6 Å². The third-order valence-corrected chi connectivity index (χ3v) is 3.71. The number of fused-ring (bicyclic) bond motifs is 1. The maximum atomic E-state index is 10.8. The molecule has 0 radical (unpaired) electrons. The number of aromatic nitrogens is 2. The molecule has 2 aromatic rings. The topological polar surface area (TPSA) is 124 Å². The minimum atomic E-state index is -0.410. The van der Waals surface area contributed by atoms with Gasteiger partial charge in [0.05, 0.1) is 16.0 Å². The first-order chi connectivity index (χ1) is 10.6. The highest BCUT2D eigenvalue weighted by molar-refractivity contribution is 5.77. The maximum Gasteiger partial charge on any atom is 0.271 e. The van der Waals surface area contributed by atoms with Crippen LogP contribution in [0, 0.1) is 10.1 Å². The summed E-state index contributed by atoms with van der Waals surface area (Å²) >= 11 is 0. The van der Waals surface area contributed by atoms with Crippen LogP contribution in [0.15, 0.2) is 18.2 Å². The van der Waals surface area contributed by atoms with E-state index >= 15 is 0 Å². The molecule has 0 aliphatic carbocycles. The highest BCUT2D eigenvalue weighted by Crippen LogP contribution is 2.19. The van der Waals surface area contributed by atoms with Crippen LogP contribution in [0.2, 0.25) is 0 Å². The lowest BCUT2D eigenvalue weighted by Crippen LogP contribution is -2.23. The zero-order valence-corrected chi connectivity index (χ0v) is 12.6. The molecule has 2 rings (SSSR count). The van der Waals surface area contributed by atoms with Gasteiger partial charge in [-0.2, -0.15) is 0 Å². The summed E-state index contributed by atoms with van der Waals surface area (Å²) in [7, 11) is 0. The highest BCUT2D eigenvalue weighted by atomic mass is 16.6. The molecule has 7 nitrogen and oxygen atoms in total. The van der Waals surface area contributed by atoms with Crippen LogP contribution in [-0.4, -0.2) is 27.5 Å². The minimum absolute atomic E-state index is 0.0495. The van der Waals surface area contributed by atoms with E-state index in [4.69, 9.17) is 11.5 Å². The van der Waals surface area contributed by atoms with Gasteiger partial charge in [-0.25, -0.2) is 4.98 Å². The number of nitrogens with two attached hydrogens (primary N) is 2. The monoisotopic (exact) mass is 305 g/mol. The van der Waals surface area contributed by atoms with Crippen molar-refractivity contribution in [2.24, 2.45) is 11.5 Å². The van der Waals surface area contributed by atoms with E-state index in [9.17, 15) is 10.1 Å².